The molecule has 0 aliphatic carbocycles. The van der Waals surface area contributed by atoms with Crippen LogP contribution >= 0.6 is 0 Å². The van der Waals surface area contributed by atoms with Crippen molar-refractivity contribution in [2.75, 3.05) is 26.2 Å². The van der Waals surface area contributed by atoms with Gasteiger partial charge < -0.3 is 20.1 Å². The second-order valence-corrected chi connectivity index (χ2v) is 9.81. The molecular weight excluding hydrogens is 488 g/mol. The van der Waals surface area contributed by atoms with Crippen LogP contribution < -0.4 is 5.32 Å². The van der Waals surface area contributed by atoms with Gasteiger partial charge in [-0.25, -0.2) is 0 Å². The van der Waals surface area contributed by atoms with Crippen molar-refractivity contribution in [2.45, 2.75) is 32.7 Å². The number of hydrogen-bond donors (Lipinski definition) is 2. The van der Waals surface area contributed by atoms with Crippen LogP contribution in [-0.4, -0.2) is 58.7 Å². The van der Waals surface area contributed by atoms with Gasteiger partial charge in [0, 0.05) is 54.4 Å². The Morgan fingerprint density at radius 3 is 2.41 bits per heavy atom. The fourth-order valence-corrected chi connectivity index (χ4v) is 5.40. The number of aromatic amines is 1. The standard InChI is InChI=1S/C32H34N4O3/c1-3-35(4-2)31(38)23-15-13-22(14-16-23)18-20-36-29(26-10-5-6-11-27(26)32(36)39)30(37)33-19-17-24-21-34-28-12-8-7-9-25(24)28/h5-16,21,29,34H,3-4,17-20H2,1-2H3,(H,33,37). The second kappa shape index (κ2) is 11.6. The molecule has 0 saturated heterocycles. The number of rotatable bonds is 10. The van der Waals surface area contributed by atoms with Gasteiger partial charge in [0.05, 0.1) is 0 Å². The van der Waals surface area contributed by atoms with E-state index < -0.39 is 6.04 Å². The molecule has 3 amide bonds. The molecule has 1 aromatic heterocycles. The van der Waals surface area contributed by atoms with Crippen LogP contribution in [0.3, 0.4) is 0 Å². The van der Waals surface area contributed by atoms with Gasteiger partial charge in [-0.05, 0) is 67.6 Å². The molecule has 3 aromatic carbocycles. The van der Waals surface area contributed by atoms with Crippen molar-refractivity contribution in [3.05, 3.63) is 107 Å². The van der Waals surface area contributed by atoms with Crippen LogP contribution in [0, 0.1) is 0 Å². The molecule has 0 radical (unpaired) electrons. The summed E-state index contributed by atoms with van der Waals surface area (Å²) in [6.45, 7) is 6.14. The van der Waals surface area contributed by atoms with Gasteiger partial charge in [0.15, 0.2) is 0 Å². The number of amides is 3. The van der Waals surface area contributed by atoms with Crippen molar-refractivity contribution in [3.8, 4) is 0 Å². The zero-order chi connectivity index (χ0) is 27.4. The van der Waals surface area contributed by atoms with E-state index in [9.17, 15) is 14.4 Å². The van der Waals surface area contributed by atoms with Gasteiger partial charge in [0.1, 0.15) is 6.04 Å². The van der Waals surface area contributed by atoms with Crippen LogP contribution in [0.1, 0.15) is 57.3 Å². The van der Waals surface area contributed by atoms with Crippen molar-refractivity contribution in [3.63, 3.8) is 0 Å². The first-order valence-corrected chi connectivity index (χ1v) is 13.6. The lowest BCUT2D eigenvalue weighted by Gasteiger charge is -2.25. The zero-order valence-corrected chi connectivity index (χ0v) is 22.4. The Morgan fingerprint density at radius 2 is 1.64 bits per heavy atom. The Labute approximate surface area is 228 Å². The third kappa shape index (κ3) is 5.30. The molecule has 0 fully saturated rings. The van der Waals surface area contributed by atoms with E-state index in [1.54, 1.807) is 15.9 Å². The fraction of sp³-hybridized carbons (Fsp3) is 0.281. The minimum atomic E-state index is -0.666. The first-order chi connectivity index (χ1) is 19.0. The summed E-state index contributed by atoms with van der Waals surface area (Å²) in [5.41, 5.74) is 5.20. The van der Waals surface area contributed by atoms with Gasteiger partial charge >= 0.3 is 0 Å². The molecular formula is C32H34N4O3. The summed E-state index contributed by atoms with van der Waals surface area (Å²) in [6, 6.07) is 22.3. The number of benzene rings is 3. The maximum atomic E-state index is 13.5. The van der Waals surface area contributed by atoms with Crippen LogP contribution in [0.15, 0.2) is 79.0 Å². The Balaban J connectivity index is 1.26. The van der Waals surface area contributed by atoms with Crippen molar-refractivity contribution < 1.29 is 14.4 Å². The number of hydrogen-bond acceptors (Lipinski definition) is 3. The SMILES string of the molecule is CCN(CC)C(=O)c1ccc(CCN2C(=O)c3ccccc3C2C(=O)NCCc2c[nH]c3ccccc23)cc1. The Kier molecular flexibility index (Phi) is 7.77. The summed E-state index contributed by atoms with van der Waals surface area (Å²) in [5.74, 6) is -0.287. The molecule has 4 aromatic rings. The zero-order valence-electron chi connectivity index (χ0n) is 22.4. The van der Waals surface area contributed by atoms with Crippen LogP contribution in [0.2, 0.25) is 0 Å². The van der Waals surface area contributed by atoms with Gasteiger partial charge in [-0.2, -0.15) is 0 Å². The fourth-order valence-electron chi connectivity index (χ4n) is 5.40. The molecule has 1 aliphatic rings. The van der Waals surface area contributed by atoms with E-state index in [1.165, 1.54) is 0 Å². The summed E-state index contributed by atoms with van der Waals surface area (Å²) in [5, 5.41) is 4.22. The van der Waals surface area contributed by atoms with Crippen LogP contribution in [-0.2, 0) is 17.6 Å². The second-order valence-electron chi connectivity index (χ2n) is 9.81. The molecule has 1 atom stereocenters. The maximum absolute atomic E-state index is 13.5. The van der Waals surface area contributed by atoms with E-state index in [-0.39, 0.29) is 17.7 Å². The Morgan fingerprint density at radius 1 is 0.923 bits per heavy atom. The van der Waals surface area contributed by atoms with Gasteiger partial charge in [0.2, 0.25) is 5.91 Å². The van der Waals surface area contributed by atoms with E-state index >= 15 is 0 Å². The summed E-state index contributed by atoms with van der Waals surface area (Å²) < 4.78 is 0. The van der Waals surface area contributed by atoms with Crippen molar-refractivity contribution in [1.29, 1.82) is 0 Å². The molecule has 7 heteroatoms. The average Bonchev–Trinajstić information content (AvgIpc) is 3.51. The third-order valence-corrected chi connectivity index (χ3v) is 7.57. The Hall–Kier alpha value is -4.39. The van der Waals surface area contributed by atoms with Gasteiger partial charge in [-0.3, -0.25) is 14.4 Å². The molecule has 0 bridgehead atoms. The minimum Gasteiger partial charge on any atom is -0.361 e. The summed E-state index contributed by atoms with van der Waals surface area (Å²) in [6.07, 6.45) is 3.26. The highest BCUT2D eigenvalue weighted by atomic mass is 16.2. The number of para-hydroxylation sites is 1. The number of nitrogens with one attached hydrogen (secondary N) is 2. The quantitative estimate of drug-likeness (QED) is 0.315. The molecule has 39 heavy (non-hydrogen) atoms. The van der Waals surface area contributed by atoms with E-state index in [1.807, 2.05) is 80.7 Å². The average molecular weight is 523 g/mol. The highest BCUT2D eigenvalue weighted by Gasteiger charge is 2.40. The molecule has 0 saturated carbocycles. The number of carbonyl (C=O) groups is 3. The van der Waals surface area contributed by atoms with E-state index in [2.05, 4.69) is 16.4 Å². The highest BCUT2D eigenvalue weighted by molar-refractivity contribution is 6.04. The molecule has 200 valence electrons. The number of nitrogens with zero attached hydrogens (tertiary/aromatic N) is 2. The summed E-state index contributed by atoms with van der Waals surface area (Å²) >= 11 is 0. The van der Waals surface area contributed by atoms with E-state index in [0.717, 1.165) is 27.6 Å². The monoisotopic (exact) mass is 522 g/mol. The first kappa shape index (κ1) is 26.2. The van der Waals surface area contributed by atoms with Crippen LogP contribution in [0.5, 0.6) is 0 Å². The van der Waals surface area contributed by atoms with Crippen LogP contribution in [0.25, 0.3) is 10.9 Å². The maximum Gasteiger partial charge on any atom is 0.255 e. The molecule has 2 heterocycles. The topological polar surface area (TPSA) is 85.5 Å². The first-order valence-electron chi connectivity index (χ1n) is 13.6. The molecule has 1 unspecified atom stereocenters. The molecule has 7 nitrogen and oxygen atoms in total. The van der Waals surface area contributed by atoms with Crippen molar-refractivity contribution in [1.82, 2.24) is 20.1 Å². The predicted octanol–water partition coefficient (Wildman–Crippen LogP) is 4.75. The van der Waals surface area contributed by atoms with Crippen LogP contribution in [0.4, 0.5) is 0 Å². The lowest BCUT2D eigenvalue weighted by Crippen LogP contribution is -2.40. The summed E-state index contributed by atoms with van der Waals surface area (Å²) in [7, 11) is 0. The highest BCUT2D eigenvalue weighted by Crippen LogP contribution is 2.34. The van der Waals surface area contributed by atoms with Crippen molar-refractivity contribution >= 4 is 28.6 Å². The number of H-pyrrole nitrogens is 1. The smallest absolute Gasteiger partial charge is 0.255 e. The molecule has 2 N–H and O–H groups in total. The van der Waals surface area contributed by atoms with E-state index in [0.29, 0.717) is 50.1 Å². The lowest BCUT2D eigenvalue weighted by atomic mass is 10.0. The number of carbonyl (C=O) groups excluding carboxylic acids is 3. The minimum absolute atomic E-state index is 0.0149. The summed E-state index contributed by atoms with van der Waals surface area (Å²) in [4.78, 5) is 46.1. The predicted molar refractivity (Wildman–Crippen MR) is 153 cm³/mol. The lowest BCUT2D eigenvalue weighted by molar-refractivity contribution is -0.125. The van der Waals surface area contributed by atoms with E-state index in [4.69, 9.17) is 0 Å². The molecule has 1 aliphatic heterocycles. The molecule has 0 spiro atoms. The van der Waals surface area contributed by atoms with Gasteiger partial charge in [0.25, 0.3) is 11.8 Å². The number of aromatic nitrogens is 1. The van der Waals surface area contributed by atoms with Gasteiger partial charge in [-0.1, -0.05) is 48.5 Å². The normalized spacial score (nSPS) is 14.5. The largest absolute Gasteiger partial charge is 0.361 e. The number of fused-ring (bicyclic) bond motifs is 2. The Bertz CT molecular complexity index is 1490. The molecule has 5 rings (SSSR count). The third-order valence-electron chi connectivity index (χ3n) is 7.57. The van der Waals surface area contributed by atoms with Crippen molar-refractivity contribution in [2.24, 2.45) is 0 Å². The van der Waals surface area contributed by atoms with Gasteiger partial charge in [-0.15, -0.1) is 0 Å².